The van der Waals surface area contributed by atoms with Crippen LogP contribution >= 0.6 is 11.6 Å². The van der Waals surface area contributed by atoms with Crippen LogP contribution in [0.1, 0.15) is 0 Å². The maximum Gasteiger partial charge on any atom is 0.238 e. The second-order valence-electron chi connectivity index (χ2n) is 5.89. The minimum absolute atomic E-state index is 0.0603. The minimum Gasteiger partial charge on any atom is -0.399 e. The first-order valence-corrected chi connectivity index (χ1v) is 8.37. The van der Waals surface area contributed by atoms with Crippen LogP contribution in [0.3, 0.4) is 0 Å². The lowest BCUT2D eigenvalue weighted by Gasteiger charge is -2.35. The summed E-state index contributed by atoms with van der Waals surface area (Å²) in [5.41, 5.74) is 8.07. The van der Waals surface area contributed by atoms with E-state index in [1.165, 1.54) is 5.69 Å². The van der Waals surface area contributed by atoms with Crippen molar-refractivity contribution in [1.82, 2.24) is 4.90 Å². The van der Waals surface area contributed by atoms with Gasteiger partial charge in [0, 0.05) is 37.6 Å². The second kappa shape index (κ2) is 7.55. The lowest BCUT2D eigenvalue weighted by Crippen LogP contribution is -2.48. The Kier molecular flexibility index (Phi) is 5.23. The van der Waals surface area contributed by atoms with Gasteiger partial charge < -0.3 is 16.0 Å². The van der Waals surface area contributed by atoms with Crippen LogP contribution in [0.2, 0.25) is 5.02 Å². The molecule has 0 bridgehead atoms. The molecule has 24 heavy (non-hydrogen) atoms. The van der Waals surface area contributed by atoms with Crippen molar-refractivity contribution in [3.8, 4) is 0 Å². The summed E-state index contributed by atoms with van der Waals surface area (Å²) in [6.45, 7) is 3.92. The molecule has 2 aromatic rings. The Hall–Kier alpha value is -2.24. The van der Waals surface area contributed by atoms with E-state index >= 15 is 0 Å². The van der Waals surface area contributed by atoms with Crippen molar-refractivity contribution in [3.05, 3.63) is 53.6 Å². The third kappa shape index (κ3) is 4.19. The molecule has 2 aromatic carbocycles. The molecular weight excluding hydrogens is 324 g/mol. The van der Waals surface area contributed by atoms with Gasteiger partial charge in [0.2, 0.25) is 5.91 Å². The predicted molar refractivity (Wildman–Crippen MR) is 99.6 cm³/mol. The molecule has 1 amide bonds. The van der Waals surface area contributed by atoms with E-state index in [2.05, 4.69) is 27.2 Å². The first-order valence-electron chi connectivity index (χ1n) is 7.99. The summed E-state index contributed by atoms with van der Waals surface area (Å²) < 4.78 is 0. The Morgan fingerprint density at radius 3 is 2.46 bits per heavy atom. The summed E-state index contributed by atoms with van der Waals surface area (Å²) in [7, 11) is 0. The molecule has 0 saturated carbocycles. The van der Waals surface area contributed by atoms with Gasteiger partial charge in [-0.1, -0.05) is 29.8 Å². The van der Waals surface area contributed by atoms with Gasteiger partial charge in [-0.15, -0.1) is 0 Å². The molecule has 3 N–H and O–H groups in total. The fourth-order valence-corrected chi connectivity index (χ4v) is 3.06. The van der Waals surface area contributed by atoms with E-state index in [1.54, 1.807) is 18.2 Å². The summed E-state index contributed by atoms with van der Waals surface area (Å²) in [6, 6.07) is 15.4. The van der Waals surface area contributed by atoms with Crippen LogP contribution in [0.5, 0.6) is 0 Å². The van der Waals surface area contributed by atoms with Crippen molar-refractivity contribution in [2.75, 3.05) is 48.7 Å². The number of benzene rings is 2. The fourth-order valence-electron chi connectivity index (χ4n) is 2.83. The lowest BCUT2D eigenvalue weighted by molar-refractivity contribution is -0.117. The Balaban J connectivity index is 1.50. The van der Waals surface area contributed by atoms with Crippen LogP contribution in [0, 0.1) is 0 Å². The highest BCUT2D eigenvalue weighted by Gasteiger charge is 2.19. The predicted octanol–water partition coefficient (Wildman–Crippen LogP) is 2.68. The number of carbonyl (C=O) groups is 1. The van der Waals surface area contributed by atoms with Crippen molar-refractivity contribution in [1.29, 1.82) is 0 Å². The molecule has 0 spiro atoms. The molecule has 1 saturated heterocycles. The number of para-hydroxylation sites is 1. The van der Waals surface area contributed by atoms with Gasteiger partial charge in [0.15, 0.2) is 0 Å². The molecule has 0 atom stereocenters. The van der Waals surface area contributed by atoms with Crippen LogP contribution in [0.25, 0.3) is 0 Å². The Morgan fingerprint density at radius 2 is 1.79 bits per heavy atom. The average Bonchev–Trinajstić information content (AvgIpc) is 2.59. The molecule has 1 aliphatic rings. The van der Waals surface area contributed by atoms with E-state index in [4.69, 9.17) is 17.3 Å². The Bertz CT molecular complexity index is 699. The SMILES string of the molecule is Nc1ccc(NC(=O)CN2CCN(c3ccccc3)CC2)c(Cl)c1. The van der Waals surface area contributed by atoms with Crippen molar-refractivity contribution < 1.29 is 4.79 Å². The van der Waals surface area contributed by atoms with Gasteiger partial charge in [0.1, 0.15) is 0 Å². The third-order valence-corrected chi connectivity index (χ3v) is 4.44. The van der Waals surface area contributed by atoms with Gasteiger partial charge in [-0.2, -0.15) is 0 Å². The summed E-state index contributed by atoms with van der Waals surface area (Å²) in [5, 5.41) is 3.30. The summed E-state index contributed by atoms with van der Waals surface area (Å²) >= 11 is 6.09. The first-order chi connectivity index (χ1) is 11.6. The minimum atomic E-state index is -0.0603. The summed E-state index contributed by atoms with van der Waals surface area (Å²) in [4.78, 5) is 16.7. The molecule has 1 heterocycles. The number of piperazine rings is 1. The monoisotopic (exact) mass is 344 g/mol. The molecule has 0 aromatic heterocycles. The van der Waals surface area contributed by atoms with Gasteiger partial charge in [-0.05, 0) is 30.3 Å². The van der Waals surface area contributed by atoms with E-state index < -0.39 is 0 Å². The Labute approximate surface area is 147 Å². The first kappa shape index (κ1) is 16.6. The van der Waals surface area contributed by atoms with Crippen LogP contribution in [-0.2, 0) is 4.79 Å². The van der Waals surface area contributed by atoms with Crippen LogP contribution in [0.4, 0.5) is 17.1 Å². The number of nitrogen functional groups attached to an aromatic ring is 1. The molecule has 1 aliphatic heterocycles. The number of hydrogen-bond donors (Lipinski definition) is 2. The number of rotatable bonds is 4. The van der Waals surface area contributed by atoms with Gasteiger partial charge in [0.25, 0.3) is 0 Å². The van der Waals surface area contributed by atoms with Crippen LogP contribution in [-0.4, -0.2) is 43.5 Å². The average molecular weight is 345 g/mol. The van der Waals surface area contributed by atoms with Crippen molar-refractivity contribution in [2.24, 2.45) is 0 Å². The zero-order chi connectivity index (χ0) is 16.9. The normalized spacial score (nSPS) is 15.3. The molecule has 126 valence electrons. The number of hydrogen-bond acceptors (Lipinski definition) is 4. The molecule has 0 aliphatic carbocycles. The second-order valence-corrected chi connectivity index (χ2v) is 6.29. The van der Waals surface area contributed by atoms with E-state index in [1.807, 2.05) is 18.2 Å². The van der Waals surface area contributed by atoms with Gasteiger partial charge in [0.05, 0.1) is 17.3 Å². The number of anilines is 3. The van der Waals surface area contributed by atoms with Crippen LogP contribution < -0.4 is 16.0 Å². The molecular formula is C18H21ClN4O. The standard InChI is InChI=1S/C18H21ClN4O/c19-16-12-14(20)6-7-17(16)21-18(24)13-22-8-10-23(11-9-22)15-4-2-1-3-5-15/h1-7,12H,8-11,13,20H2,(H,21,24). The Morgan fingerprint density at radius 1 is 1.08 bits per heavy atom. The van der Waals surface area contributed by atoms with E-state index in [9.17, 15) is 4.79 Å². The zero-order valence-corrected chi connectivity index (χ0v) is 14.2. The van der Waals surface area contributed by atoms with E-state index in [-0.39, 0.29) is 5.91 Å². The third-order valence-electron chi connectivity index (χ3n) is 4.13. The molecule has 3 rings (SSSR count). The maximum atomic E-state index is 12.2. The topological polar surface area (TPSA) is 61.6 Å². The fraction of sp³-hybridized carbons (Fsp3) is 0.278. The van der Waals surface area contributed by atoms with Gasteiger partial charge in [-0.25, -0.2) is 0 Å². The number of halogens is 1. The summed E-state index contributed by atoms with van der Waals surface area (Å²) in [5.74, 6) is -0.0603. The van der Waals surface area contributed by atoms with Crippen LogP contribution in [0.15, 0.2) is 48.5 Å². The van der Waals surface area contributed by atoms with E-state index in [0.717, 1.165) is 26.2 Å². The van der Waals surface area contributed by atoms with E-state index in [0.29, 0.717) is 22.9 Å². The number of nitrogens with zero attached hydrogens (tertiary/aromatic N) is 2. The van der Waals surface area contributed by atoms with Crippen molar-refractivity contribution in [3.63, 3.8) is 0 Å². The largest absolute Gasteiger partial charge is 0.399 e. The highest BCUT2D eigenvalue weighted by molar-refractivity contribution is 6.34. The lowest BCUT2D eigenvalue weighted by atomic mass is 10.2. The highest BCUT2D eigenvalue weighted by Crippen LogP contribution is 2.24. The van der Waals surface area contributed by atoms with Crippen molar-refractivity contribution >= 4 is 34.6 Å². The maximum absolute atomic E-state index is 12.2. The summed E-state index contributed by atoms with van der Waals surface area (Å²) in [6.07, 6.45) is 0. The smallest absolute Gasteiger partial charge is 0.238 e. The highest BCUT2D eigenvalue weighted by atomic mass is 35.5. The number of carbonyl (C=O) groups excluding carboxylic acids is 1. The molecule has 1 fully saturated rings. The quantitative estimate of drug-likeness (QED) is 0.837. The molecule has 5 nitrogen and oxygen atoms in total. The van der Waals surface area contributed by atoms with Crippen molar-refractivity contribution in [2.45, 2.75) is 0 Å². The number of nitrogens with one attached hydrogen (secondary N) is 1. The van der Waals surface area contributed by atoms with Gasteiger partial charge in [-0.3, -0.25) is 9.69 Å². The van der Waals surface area contributed by atoms with Gasteiger partial charge >= 0.3 is 0 Å². The molecule has 0 unspecified atom stereocenters. The number of amides is 1. The number of nitrogens with two attached hydrogens (primary N) is 1. The molecule has 6 heteroatoms. The zero-order valence-electron chi connectivity index (χ0n) is 13.4. The molecule has 0 radical (unpaired) electrons.